The van der Waals surface area contributed by atoms with E-state index in [1.54, 1.807) is 0 Å². The summed E-state index contributed by atoms with van der Waals surface area (Å²) in [5.74, 6) is 0. The van der Waals surface area contributed by atoms with Gasteiger partial charge >= 0.3 is 10.2 Å². The summed E-state index contributed by atoms with van der Waals surface area (Å²) in [7, 11) is -3.37. The molecule has 0 amide bonds. The van der Waals surface area contributed by atoms with Crippen LogP contribution in [-0.2, 0) is 10.2 Å². The molecular weight excluding hydrogens is 236 g/mol. The molecule has 1 aliphatic heterocycles. The van der Waals surface area contributed by atoms with Gasteiger partial charge in [0.2, 0.25) is 0 Å². The van der Waals surface area contributed by atoms with E-state index in [0.717, 1.165) is 24.0 Å². The Morgan fingerprint density at radius 1 is 1.18 bits per heavy atom. The van der Waals surface area contributed by atoms with Gasteiger partial charge in [-0.2, -0.15) is 12.7 Å². The van der Waals surface area contributed by atoms with Crippen LogP contribution in [0.25, 0.3) is 0 Å². The normalized spacial score (nSPS) is 17.3. The summed E-state index contributed by atoms with van der Waals surface area (Å²) in [5, 5.41) is 0. The molecule has 0 saturated carbocycles. The summed E-state index contributed by atoms with van der Waals surface area (Å²) in [6, 6.07) is 5.70. The van der Waals surface area contributed by atoms with Gasteiger partial charge in [0.25, 0.3) is 0 Å². The maximum Gasteiger partial charge on any atom is 0.301 e. The first-order chi connectivity index (χ1) is 7.99. The number of anilines is 1. The van der Waals surface area contributed by atoms with Crippen LogP contribution in [-0.4, -0.2) is 25.8 Å². The number of aryl methyl sites for hydroxylation is 2. The van der Waals surface area contributed by atoms with Gasteiger partial charge in [0, 0.05) is 13.1 Å². The van der Waals surface area contributed by atoms with Crippen LogP contribution in [0.5, 0.6) is 0 Å². The molecule has 1 fully saturated rings. The fourth-order valence-electron chi connectivity index (χ4n) is 2.06. The largest absolute Gasteiger partial charge is 0.301 e. The van der Waals surface area contributed by atoms with Gasteiger partial charge in [0.1, 0.15) is 0 Å². The zero-order valence-electron chi connectivity index (χ0n) is 10.2. The lowest BCUT2D eigenvalue weighted by Crippen LogP contribution is -2.33. The average Bonchev–Trinajstić information content (AvgIpc) is 2.76. The lowest BCUT2D eigenvalue weighted by atomic mass is 10.1. The van der Waals surface area contributed by atoms with Crippen LogP contribution in [0, 0.1) is 13.8 Å². The predicted octanol–water partition coefficient (Wildman–Crippen LogP) is 2.06. The molecule has 1 heterocycles. The van der Waals surface area contributed by atoms with Crippen molar-refractivity contribution in [3.05, 3.63) is 29.3 Å². The Morgan fingerprint density at radius 3 is 2.41 bits per heavy atom. The topological polar surface area (TPSA) is 49.4 Å². The summed E-state index contributed by atoms with van der Waals surface area (Å²) >= 11 is 0. The molecule has 94 valence electrons. The minimum absolute atomic E-state index is 0.625. The summed E-state index contributed by atoms with van der Waals surface area (Å²) in [6.07, 6.45) is 1.90. The summed E-state index contributed by atoms with van der Waals surface area (Å²) < 4.78 is 28.3. The standard InChI is InChI=1S/C12H18N2O2S/c1-10-5-6-12(11(2)9-10)13-17(15,16)14-7-3-4-8-14/h5-6,9,13H,3-4,7-8H2,1-2H3. The van der Waals surface area contributed by atoms with Crippen molar-refractivity contribution in [2.75, 3.05) is 17.8 Å². The summed E-state index contributed by atoms with van der Waals surface area (Å²) in [4.78, 5) is 0. The van der Waals surface area contributed by atoms with Gasteiger partial charge in [-0.1, -0.05) is 17.7 Å². The van der Waals surface area contributed by atoms with Crippen molar-refractivity contribution in [1.29, 1.82) is 0 Å². The van der Waals surface area contributed by atoms with E-state index in [2.05, 4.69) is 4.72 Å². The van der Waals surface area contributed by atoms with E-state index in [4.69, 9.17) is 0 Å². The third-order valence-electron chi connectivity index (χ3n) is 3.03. The lowest BCUT2D eigenvalue weighted by molar-refractivity contribution is 0.482. The Bertz CT molecular complexity index is 505. The maximum atomic E-state index is 12.1. The van der Waals surface area contributed by atoms with E-state index in [-0.39, 0.29) is 0 Å². The van der Waals surface area contributed by atoms with E-state index in [1.807, 2.05) is 32.0 Å². The molecule has 0 unspecified atom stereocenters. The molecule has 1 aliphatic rings. The smallest absolute Gasteiger partial charge is 0.271 e. The van der Waals surface area contributed by atoms with Crippen molar-refractivity contribution in [3.8, 4) is 0 Å². The second kappa shape index (κ2) is 4.66. The van der Waals surface area contributed by atoms with Crippen LogP contribution in [0.1, 0.15) is 24.0 Å². The van der Waals surface area contributed by atoms with Gasteiger partial charge in [-0.15, -0.1) is 0 Å². The van der Waals surface area contributed by atoms with Gasteiger partial charge in [-0.25, -0.2) is 0 Å². The van der Waals surface area contributed by atoms with E-state index >= 15 is 0 Å². The van der Waals surface area contributed by atoms with Crippen LogP contribution in [0.3, 0.4) is 0 Å². The monoisotopic (exact) mass is 254 g/mol. The van der Waals surface area contributed by atoms with Gasteiger partial charge in [-0.05, 0) is 38.3 Å². The van der Waals surface area contributed by atoms with Crippen molar-refractivity contribution >= 4 is 15.9 Å². The van der Waals surface area contributed by atoms with Crippen molar-refractivity contribution in [2.24, 2.45) is 0 Å². The predicted molar refractivity (Wildman–Crippen MR) is 69.3 cm³/mol. The zero-order valence-corrected chi connectivity index (χ0v) is 11.0. The number of nitrogens with zero attached hydrogens (tertiary/aromatic N) is 1. The molecule has 0 spiro atoms. The van der Waals surface area contributed by atoms with E-state index in [1.165, 1.54) is 4.31 Å². The molecule has 1 N–H and O–H groups in total. The van der Waals surface area contributed by atoms with E-state index < -0.39 is 10.2 Å². The molecule has 17 heavy (non-hydrogen) atoms. The number of hydrogen-bond donors (Lipinski definition) is 1. The minimum Gasteiger partial charge on any atom is -0.271 e. The van der Waals surface area contributed by atoms with Crippen molar-refractivity contribution in [1.82, 2.24) is 4.31 Å². The first-order valence-corrected chi connectivity index (χ1v) is 7.28. The van der Waals surface area contributed by atoms with Crippen LogP contribution >= 0.6 is 0 Å². The second-order valence-electron chi connectivity index (χ2n) is 4.53. The highest BCUT2D eigenvalue weighted by molar-refractivity contribution is 7.90. The first kappa shape index (κ1) is 12.4. The zero-order chi connectivity index (χ0) is 12.5. The Kier molecular flexibility index (Phi) is 3.40. The number of rotatable bonds is 3. The van der Waals surface area contributed by atoms with Crippen molar-refractivity contribution in [3.63, 3.8) is 0 Å². The van der Waals surface area contributed by atoms with Gasteiger partial charge in [0.05, 0.1) is 5.69 Å². The number of nitrogens with one attached hydrogen (secondary N) is 1. The molecule has 0 aliphatic carbocycles. The highest BCUT2D eigenvalue weighted by Gasteiger charge is 2.25. The molecule has 1 aromatic rings. The molecule has 0 atom stereocenters. The summed E-state index contributed by atoms with van der Waals surface area (Å²) in [5.41, 5.74) is 2.75. The SMILES string of the molecule is Cc1ccc(NS(=O)(=O)N2CCCC2)c(C)c1. The highest BCUT2D eigenvalue weighted by atomic mass is 32.2. The Morgan fingerprint density at radius 2 is 1.82 bits per heavy atom. The van der Waals surface area contributed by atoms with Crippen molar-refractivity contribution < 1.29 is 8.42 Å². The fraction of sp³-hybridized carbons (Fsp3) is 0.500. The second-order valence-corrected chi connectivity index (χ2v) is 6.20. The van der Waals surface area contributed by atoms with Crippen LogP contribution < -0.4 is 4.72 Å². The van der Waals surface area contributed by atoms with Gasteiger partial charge in [-0.3, -0.25) is 4.72 Å². The molecule has 0 bridgehead atoms. The van der Waals surface area contributed by atoms with Crippen molar-refractivity contribution in [2.45, 2.75) is 26.7 Å². The molecule has 2 rings (SSSR count). The van der Waals surface area contributed by atoms with Crippen LogP contribution in [0.15, 0.2) is 18.2 Å². The van der Waals surface area contributed by atoms with Crippen LogP contribution in [0.4, 0.5) is 5.69 Å². The average molecular weight is 254 g/mol. The van der Waals surface area contributed by atoms with Gasteiger partial charge < -0.3 is 0 Å². The first-order valence-electron chi connectivity index (χ1n) is 5.84. The Balaban J connectivity index is 2.19. The maximum absolute atomic E-state index is 12.1. The third kappa shape index (κ3) is 2.79. The molecule has 0 radical (unpaired) electrons. The van der Waals surface area contributed by atoms with E-state index in [0.29, 0.717) is 18.8 Å². The lowest BCUT2D eigenvalue weighted by Gasteiger charge is -2.18. The minimum atomic E-state index is -3.37. The molecule has 5 heteroatoms. The van der Waals surface area contributed by atoms with Gasteiger partial charge in [0.15, 0.2) is 0 Å². The Hall–Kier alpha value is -1.07. The quantitative estimate of drug-likeness (QED) is 0.897. The molecule has 0 aromatic heterocycles. The Labute approximate surface area is 103 Å². The third-order valence-corrected chi connectivity index (χ3v) is 4.55. The summed E-state index contributed by atoms with van der Waals surface area (Å²) in [6.45, 7) is 5.15. The van der Waals surface area contributed by atoms with Crippen LogP contribution in [0.2, 0.25) is 0 Å². The fourth-order valence-corrected chi connectivity index (χ4v) is 3.44. The highest BCUT2D eigenvalue weighted by Crippen LogP contribution is 2.20. The molecular formula is C12H18N2O2S. The number of benzene rings is 1. The molecule has 4 nitrogen and oxygen atoms in total. The number of hydrogen-bond acceptors (Lipinski definition) is 2. The van der Waals surface area contributed by atoms with E-state index in [9.17, 15) is 8.42 Å². The molecule has 1 saturated heterocycles. The molecule has 1 aromatic carbocycles.